The van der Waals surface area contributed by atoms with Crippen molar-refractivity contribution in [3.05, 3.63) is 29.8 Å². The van der Waals surface area contributed by atoms with Crippen LogP contribution in [-0.2, 0) is 0 Å². The van der Waals surface area contributed by atoms with Crippen molar-refractivity contribution in [2.24, 2.45) is 0 Å². The average Bonchev–Trinajstić information content (AvgIpc) is 2.67. The number of carbonyl (C=O) groups is 1. The molecule has 0 aliphatic heterocycles. The van der Waals surface area contributed by atoms with Crippen molar-refractivity contribution >= 4 is 28.8 Å². The van der Waals surface area contributed by atoms with Crippen molar-refractivity contribution in [1.29, 1.82) is 0 Å². The first-order chi connectivity index (χ1) is 7.86. The maximum absolute atomic E-state index is 11.0. The van der Waals surface area contributed by atoms with Crippen molar-refractivity contribution in [3.8, 4) is 5.88 Å². The number of halogens is 1. The third kappa shape index (κ3) is 2.04. The number of fused-ring (bicyclic) bond motifs is 1. The van der Waals surface area contributed by atoms with Crippen molar-refractivity contribution < 1.29 is 9.53 Å². The quantitative estimate of drug-likeness (QED) is 0.494. The molecule has 0 aliphatic carbocycles. The van der Waals surface area contributed by atoms with E-state index >= 15 is 0 Å². The van der Waals surface area contributed by atoms with Crippen molar-refractivity contribution in [1.82, 2.24) is 4.98 Å². The number of rotatable bonds is 5. The maximum atomic E-state index is 11.0. The third-order valence-corrected chi connectivity index (χ3v) is 2.62. The molecule has 0 saturated carbocycles. The Labute approximate surface area is 98.4 Å². The van der Waals surface area contributed by atoms with Gasteiger partial charge < -0.3 is 9.72 Å². The highest BCUT2D eigenvalue weighted by atomic mass is 35.5. The molecule has 1 aromatic carbocycles. The van der Waals surface area contributed by atoms with Gasteiger partial charge in [0.25, 0.3) is 0 Å². The number of nitrogens with one attached hydrogen (secondary N) is 1. The van der Waals surface area contributed by atoms with Gasteiger partial charge in [0.2, 0.25) is 5.88 Å². The molecule has 16 heavy (non-hydrogen) atoms. The zero-order valence-electron chi connectivity index (χ0n) is 8.70. The molecule has 3 nitrogen and oxygen atoms in total. The molecule has 4 heteroatoms. The Bertz CT molecular complexity index is 493. The summed E-state index contributed by atoms with van der Waals surface area (Å²) in [5.41, 5.74) is 1.48. The summed E-state index contributed by atoms with van der Waals surface area (Å²) >= 11 is 5.56. The van der Waals surface area contributed by atoms with Gasteiger partial charge >= 0.3 is 0 Å². The van der Waals surface area contributed by atoms with Crippen LogP contribution in [0.1, 0.15) is 16.8 Å². The maximum Gasteiger partial charge on any atom is 0.202 e. The Kier molecular flexibility index (Phi) is 3.47. The Morgan fingerprint density at radius 3 is 2.94 bits per heavy atom. The number of aromatic nitrogens is 1. The van der Waals surface area contributed by atoms with Gasteiger partial charge in [-0.05, 0) is 12.5 Å². The topological polar surface area (TPSA) is 42.1 Å². The lowest BCUT2D eigenvalue weighted by molar-refractivity contribution is 0.112. The fraction of sp³-hybridized carbons (Fsp3) is 0.250. The Morgan fingerprint density at radius 2 is 2.19 bits per heavy atom. The predicted molar refractivity (Wildman–Crippen MR) is 64.5 cm³/mol. The van der Waals surface area contributed by atoms with Gasteiger partial charge in [0.05, 0.1) is 12.2 Å². The van der Waals surface area contributed by atoms with E-state index in [4.69, 9.17) is 16.3 Å². The van der Waals surface area contributed by atoms with E-state index in [0.717, 1.165) is 23.6 Å². The van der Waals surface area contributed by atoms with Crippen LogP contribution in [0.5, 0.6) is 5.88 Å². The van der Waals surface area contributed by atoms with Gasteiger partial charge in [0, 0.05) is 16.8 Å². The van der Waals surface area contributed by atoms with Gasteiger partial charge in [-0.2, -0.15) is 0 Å². The van der Waals surface area contributed by atoms with Crippen molar-refractivity contribution in [3.63, 3.8) is 0 Å². The number of aldehydes is 1. The van der Waals surface area contributed by atoms with Gasteiger partial charge in [0.15, 0.2) is 6.29 Å². The molecular formula is C12H12ClNO2. The van der Waals surface area contributed by atoms with Crippen LogP contribution in [0.2, 0.25) is 0 Å². The van der Waals surface area contributed by atoms with Gasteiger partial charge in [-0.15, -0.1) is 11.6 Å². The number of carbonyl (C=O) groups excluding carboxylic acids is 1. The first kappa shape index (κ1) is 11.0. The summed E-state index contributed by atoms with van der Waals surface area (Å²) in [5, 5.41) is 0.887. The number of hydrogen-bond acceptors (Lipinski definition) is 2. The van der Waals surface area contributed by atoms with Gasteiger partial charge in [-0.3, -0.25) is 4.79 Å². The summed E-state index contributed by atoms with van der Waals surface area (Å²) in [7, 11) is 0. The van der Waals surface area contributed by atoms with E-state index in [1.807, 2.05) is 24.3 Å². The van der Waals surface area contributed by atoms with E-state index in [0.29, 0.717) is 23.9 Å². The molecule has 0 unspecified atom stereocenters. The zero-order chi connectivity index (χ0) is 11.4. The summed E-state index contributed by atoms with van der Waals surface area (Å²) in [4.78, 5) is 14.1. The number of alkyl halides is 1. The largest absolute Gasteiger partial charge is 0.478 e. The second-order valence-corrected chi connectivity index (χ2v) is 3.80. The standard InChI is InChI=1S/C12H12ClNO2/c13-6-3-7-16-12-10(8-15)9-4-1-2-5-11(9)14-12/h1-2,4-5,8,14H,3,6-7H2. The number of benzene rings is 1. The van der Waals surface area contributed by atoms with Crippen LogP contribution >= 0.6 is 11.6 Å². The fourth-order valence-electron chi connectivity index (χ4n) is 1.60. The van der Waals surface area contributed by atoms with Crippen LogP contribution in [0.4, 0.5) is 0 Å². The van der Waals surface area contributed by atoms with Gasteiger partial charge in [-0.25, -0.2) is 0 Å². The normalized spacial score (nSPS) is 10.6. The smallest absolute Gasteiger partial charge is 0.202 e. The SMILES string of the molecule is O=Cc1c(OCCCCl)[nH]c2ccccc12. The van der Waals surface area contributed by atoms with Crippen molar-refractivity contribution in [2.75, 3.05) is 12.5 Å². The number of para-hydroxylation sites is 1. The molecule has 0 saturated heterocycles. The number of H-pyrrole nitrogens is 1. The van der Waals surface area contributed by atoms with E-state index < -0.39 is 0 Å². The zero-order valence-corrected chi connectivity index (χ0v) is 9.46. The second kappa shape index (κ2) is 5.03. The Morgan fingerprint density at radius 1 is 1.38 bits per heavy atom. The highest BCUT2D eigenvalue weighted by Gasteiger charge is 2.10. The molecule has 0 fully saturated rings. The molecule has 1 heterocycles. The minimum atomic E-state index is 0.511. The van der Waals surface area contributed by atoms with Crippen LogP contribution in [0.3, 0.4) is 0 Å². The molecule has 0 amide bonds. The molecule has 0 spiro atoms. The molecule has 84 valence electrons. The lowest BCUT2D eigenvalue weighted by atomic mass is 10.2. The van der Waals surface area contributed by atoms with E-state index in [-0.39, 0.29) is 0 Å². The number of hydrogen-bond donors (Lipinski definition) is 1. The van der Waals surface area contributed by atoms with Crippen LogP contribution in [0.15, 0.2) is 24.3 Å². The Balaban J connectivity index is 2.33. The fourth-order valence-corrected chi connectivity index (χ4v) is 1.71. The summed E-state index contributed by atoms with van der Waals surface area (Å²) < 4.78 is 5.48. The predicted octanol–water partition coefficient (Wildman–Crippen LogP) is 2.99. The Hall–Kier alpha value is -1.48. The average molecular weight is 238 g/mol. The summed E-state index contributed by atoms with van der Waals surface area (Å²) in [5.74, 6) is 1.08. The lowest BCUT2D eigenvalue weighted by Gasteiger charge is -2.02. The summed E-state index contributed by atoms with van der Waals surface area (Å²) in [6, 6.07) is 7.61. The minimum Gasteiger partial charge on any atom is -0.478 e. The second-order valence-electron chi connectivity index (χ2n) is 3.42. The number of aromatic amines is 1. The van der Waals surface area contributed by atoms with Crippen LogP contribution in [0, 0.1) is 0 Å². The molecule has 2 aromatic rings. The molecule has 1 N–H and O–H groups in total. The molecular weight excluding hydrogens is 226 g/mol. The molecule has 0 atom stereocenters. The minimum absolute atomic E-state index is 0.511. The van der Waals surface area contributed by atoms with E-state index in [1.54, 1.807) is 0 Å². The van der Waals surface area contributed by atoms with Crippen LogP contribution in [0.25, 0.3) is 10.9 Å². The van der Waals surface area contributed by atoms with Crippen molar-refractivity contribution in [2.45, 2.75) is 6.42 Å². The van der Waals surface area contributed by atoms with Gasteiger partial charge in [0.1, 0.15) is 0 Å². The van der Waals surface area contributed by atoms with Gasteiger partial charge in [-0.1, -0.05) is 18.2 Å². The first-order valence-corrected chi connectivity index (χ1v) is 5.65. The molecule has 0 aliphatic rings. The van der Waals surface area contributed by atoms with E-state index in [1.165, 1.54) is 0 Å². The van der Waals surface area contributed by atoms with Crippen LogP contribution < -0.4 is 4.74 Å². The van der Waals surface area contributed by atoms with E-state index in [2.05, 4.69) is 4.98 Å². The highest BCUT2D eigenvalue weighted by Crippen LogP contribution is 2.26. The molecule has 2 rings (SSSR count). The van der Waals surface area contributed by atoms with Crippen LogP contribution in [-0.4, -0.2) is 23.8 Å². The molecule has 0 bridgehead atoms. The first-order valence-electron chi connectivity index (χ1n) is 5.11. The number of ether oxygens (including phenoxy) is 1. The molecule has 1 aromatic heterocycles. The lowest BCUT2D eigenvalue weighted by Crippen LogP contribution is -1.99. The summed E-state index contributed by atoms with van der Waals surface area (Å²) in [6.45, 7) is 0.511. The highest BCUT2D eigenvalue weighted by molar-refractivity contribution is 6.17. The summed E-state index contributed by atoms with van der Waals surface area (Å²) in [6.07, 6.45) is 1.57. The van der Waals surface area contributed by atoms with E-state index in [9.17, 15) is 4.79 Å². The monoisotopic (exact) mass is 237 g/mol. The third-order valence-electron chi connectivity index (χ3n) is 2.35. The molecule has 0 radical (unpaired) electrons.